The first-order valence-electron chi connectivity index (χ1n) is 22.6. The smallest absolute Gasteiger partial charge is 0.186 e. The van der Waals surface area contributed by atoms with Crippen molar-refractivity contribution in [2.75, 3.05) is 13.7 Å². The molecule has 0 radical (unpaired) electrons. The van der Waals surface area contributed by atoms with Gasteiger partial charge in [-0.3, -0.25) is 0 Å². The van der Waals surface area contributed by atoms with Gasteiger partial charge in [0.15, 0.2) is 12.4 Å². The van der Waals surface area contributed by atoms with E-state index in [-0.39, 0.29) is 0 Å². The minimum atomic E-state index is -0.737. The van der Waals surface area contributed by atoms with Crippen molar-refractivity contribution in [2.24, 2.45) is 0 Å². The average Bonchev–Trinajstić information content (AvgIpc) is 3.37. The van der Waals surface area contributed by atoms with Gasteiger partial charge in [0.2, 0.25) is 0 Å². The highest BCUT2D eigenvalue weighted by Crippen LogP contribution is 2.35. The third-order valence-corrected chi connectivity index (χ3v) is 11.7. The Morgan fingerprint density at radius 3 is 1.23 bits per heavy atom. The summed E-state index contributed by atoms with van der Waals surface area (Å²) >= 11 is 0. The van der Waals surface area contributed by atoms with Crippen LogP contribution in [-0.2, 0) is 82.3 Å². The number of hydrogen-bond donors (Lipinski definition) is 0. The quantitative estimate of drug-likeness (QED) is 0.0625. The highest BCUT2D eigenvalue weighted by atomic mass is 16.7. The maximum Gasteiger partial charge on any atom is 0.186 e. The molecule has 9 nitrogen and oxygen atoms in total. The molecular weight excluding hydrogens is 817 g/mol. The molecule has 338 valence electrons. The fourth-order valence-corrected chi connectivity index (χ4v) is 8.26. The number of allylic oxidation sites excluding steroid dienone is 1. The van der Waals surface area contributed by atoms with Crippen molar-refractivity contribution in [2.45, 2.75) is 102 Å². The van der Waals surface area contributed by atoms with E-state index in [2.05, 4.69) is 66.7 Å². The van der Waals surface area contributed by atoms with Crippen molar-refractivity contribution in [1.82, 2.24) is 0 Å². The molecule has 2 heterocycles. The Labute approximate surface area is 383 Å². The van der Waals surface area contributed by atoms with E-state index in [1.165, 1.54) is 0 Å². The van der Waals surface area contributed by atoms with Crippen LogP contribution in [-0.4, -0.2) is 62.7 Å². The second kappa shape index (κ2) is 24.7. The Morgan fingerprint density at radius 2 is 0.785 bits per heavy atom. The van der Waals surface area contributed by atoms with Crippen LogP contribution in [0.15, 0.2) is 194 Å². The van der Waals surface area contributed by atoms with Gasteiger partial charge in [0.25, 0.3) is 0 Å². The van der Waals surface area contributed by atoms with Gasteiger partial charge in [0, 0.05) is 13.5 Å². The Balaban J connectivity index is 1.07. The van der Waals surface area contributed by atoms with Crippen molar-refractivity contribution in [3.63, 3.8) is 0 Å². The molecule has 6 aromatic rings. The molecule has 8 rings (SSSR count). The summed E-state index contributed by atoms with van der Waals surface area (Å²) < 4.78 is 60.2. The van der Waals surface area contributed by atoms with Gasteiger partial charge in [-0.25, -0.2) is 0 Å². The Hall–Kier alpha value is -5.46. The Morgan fingerprint density at radius 1 is 0.400 bits per heavy atom. The van der Waals surface area contributed by atoms with Crippen molar-refractivity contribution < 1.29 is 42.6 Å². The monoisotopic (exact) mass is 876 g/mol. The average molecular weight is 877 g/mol. The van der Waals surface area contributed by atoms with Crippen LogP contribution >= 0.6 is 0 Å². The van der Waals surface area contributed by atoms with Crippen molar-refractivity contribution in [1.29, 1.82) is 0 Å². The summed E-state index contributed by atoms with van der Waals surface area (Å²) in [6.45, 7) is 2.59. The third-order valence-electron chi connectivity index (χ3n) is 11.7. The molecule has 0 aliphatic carbocycles. The zero-order valence-electron chi connectivity index (χ0n) is 37.1. The lowest BCUT2D eigenvalue weighted by atomic mass is 9.93. The normalized spacial score (nSPS) is 23.1. The van der Waals surface area contributed by atoms with Gasteiger partial charge < -0.3 is 42.6 Å². The molecule has 65 heavy (non-hydrogen) atoms. The minimum Gasteiger partial charge on any atom is -0.490 e. The van der Waals surface area contributed by atoms with Gasteiger partial charge >= 0.3 is 0 Å². The van der Waals surface area contributed by atoms with E-state index < -0.39 is 49.0 Å². The van der Waals surface area contributed by atoms with Crippen LogP contribution in [0, 0.1) is 0 Å². The van der Waals surface area contributed by atoms with E-state index in [0.717, 1.165) is 39.1 Å². The molecule has 1 fully saturated rings. The molecular formula is C56H60O9. The van der Waals surface area contributed by atoms with Gasteiger partial charge in [-0.05, 0) is 45.9 Å². The van der Waals surface area contributed by atoms with E-state index in [9.17, 15) is 0 Å². The van der Waals surface area contributed by atoms with Crippen molar-refractivity contribution >= 4 is 0 Å². The van der Waals surface area contributed by atoms with Gasteiger partial charge in [-0.15, -0.1) is 0 Å². The molecule has 6 aromatic carbocycles. The van der Waals surface area contributed by atoms with Crippen LogP contribution in [0.5, 0.6) is 0 Å². The predicted octanol–water partition coefficient (Wildman–Crippen LogP) is 10.6. The number of ether oxygens (including phenoxy) is 9. The number of rotatable bonds is 23. The standard InChI is InChI=1S/C56H60O9/c1-57-56-55(63-40-47-30-18-7-19-31-47)54(62-39-46-28-16-6-17-29-46)53(61-38-45-26-14-5-15-27-45)49(65-56)33-32-48-34-50(59-36-43-22-10-3-11-23-43)52(60-37-44-24-12-4-13-25-44)51(64-48)41-58-35-42-20-8-2-9-21-42/h2-31,34,49-56H,32-33,35-41H2,1H3/t49-,50+,51-,52-,53-,54+,55+,56+/m1/s1. The van der Waals surface area contributed by atoms with Crippen LogP contribution in [0.25, 0.3) is 0 Å². The fourth-order valence-electron chi connectivity index (χ4n) is 8.26. The summed E-state index contributed by atoms with van der Waals surface area (Å²) in [4.78, 5) is 0. The maximum atomic E-state index is 6.90. The second-order valence-electron chi connectivity index (χ2n) is 16.4. The number of methoxy groups -OCH3 is 1. The zero-order valence-corrected chi connectivity index (χ0v) is 37.1. The largest absolute Gasteiger partial charge is 0.490 e. The summed E-state index contributed by atoms with van der Waals surface area (Å²) in [5.74, 6) is 0.763. The minimum absolute atomic E-state index is 0.293. The summed E-state index contributed by atoms with van der Waals surface area (Å²) in [6.07, 6.45) is -1.14. The SMILES string of the molecule is CO[C@H]1O[C@H](CCC2=C[C@H](OCc3ccccc3)[C@@H](OCc3ccccc3)[C@@H](COCc3ccccc3)O2)[C@@H](OCc2ccccc2)[C@H](OCc2ccccc2)[C@@H]1OCc1ccccc1. The summed E-state index contributed by atoms with van der Waals surface area (Å²) in [7, 11) is 1.65. The molecule has 9 heteroatoms. The van der Waals surface area contributed by atoms with Crippen LogP contribution < -0.4 is 0 Å². The molecule has 2 aliphatic rings. The van der Waals surface area contributed by atoms with Gasteiger partial charge in [-0.2, -0.15) is 0 Å². The molecule has 0 bridgehead atoms. The second-order valence-corrected chi connectivity index (χ2v) is 16.4. The molecule has 0 aromatic heterocycles. The first-order valence-corrected chi connectivity index (χ1v) is 22.6. The zero-order chi connectivity index (χ0) is 44.3. The fraction of sp³-hybridized carbons (Fsp3) is 0.321. The molecule has 0 spiro atoms. The molecule has 1 saturated heterocycles. The predicted molar refractivity (Wildman–Crippen MR) is 249 cm³/mol. The first kappa shape index (κ1) is 46.1. The molecule has 0 unspecified atom stereocenters. The van der Waals surface area contributed by atoms with Crippen LogP contribution in [0.2, 0.25) is 0 Å². The van der Waals surface area contributed by atoms with Crippen molar-refractivity contribution in [3.8, 4) is 0 Å². The maximum absolute atomic E-state index is 6.90. The lowest BCUT2D eigenvalue weighted by molar-refractivity contribution is -0.318. The molecule has 0 amide bonds. The van der Waals surface area contributed by atoms with Crippen molar-refractivity contribution in [3.05, 3.63) is 227 Å². The van der Waals surface area contributed by atoms with E-state index in [1.54, 1.807) is 7.11 Å². The van der Waals surface area contributed by atoms with E-state index >= 15 is 0 Å². The van der Waals surface area contributed by atoms with Crippen LogP contribution in [0.1, 0.15) is 46.2 Å². The summed E-state index contributed by atoms with van der Waals surface area (Å²) in [5, 5.41) is 0. The highest BCUT2D eigenvalue weighted by Gasteiger charge is 2.49. The molecule has 2 aliphatic heterocycles. The van der Waals surface area contributed by atoms with E-state index in [1.807, 2.05) is 121 Å². The van der Waals surface area contributed by atoms with Gasteiger partial charge in [0.1, 0.15) is 30.5 Å². The molecule has 0 saturated carbocycles. The molecule has 0 N–H and O–H groups in total. The van der Waals surface area contributed by atoms with Crippen LogP contribution in [0.4, 0.5) is 0 Å². The number of benzene rings is 6. The lowest BCUT2D eigenvalue weighted by Gasteiger charge is -2.46. The van der Waals surface area contributed by atoms with Crippen LogP contribution in [0.3, 0.4) is 0 Å². The van der Waals surface area contributed by atoms with E-state index in [4.69, 9.17) is 42.6 Å². The Bertz CT molecular complexity index is 2250. The van der Waals surface area contributed by atoms with Gasteiger partial charge in [-0.1, -0.05) is 182 Å². The van der Waals surface area contributed by atoms with Gasteiger partial charge in [0.05, 0.1) is 58.1 Å². The highest BCUT2D eigenvalue weighted by molar-refractivity contribution is 5.19. The summed E-state index contributed by atoms with van der Waals surface area (Å²) in [6, 6.07) is 60.9. The lowest BCUT2D eigenvalue weighted by Crippen LogP contribution is -2.60. The first-order chi connectivity index (χ1) is 32.2. The number of hydrogen-bond acceptors (Lipinski definition) is 9. The molecule has 8 atom stereocenters. The summed E-state index contributed by atoms with van der Waals surface area (Å²) in [5.41, 5.74) is 6.33. The van der Waals surface area contributed by atoms with E-state index in [0.29, 0.717) is 59.1 Å². The topological polar surface area (TPSA) is 83.1 Å². The third kappa shape index (κ3) is 13.8. The Kier molecular flexibility index (Phi) is 17.5.